The van der Waals surface area contributed by atoms with Crippen molar-refractivity contribution in [1.29, 1.82) is 0 Å². The van der Waals surface area contributed by atoms with Crippen LogP contribution in [0.2, 0.25) is 0 Å². The van der Waals surface area contributed by atoms with Gasteiger partial charge in [0.2, 0.25) is 15.9 Å². The first-order valence-corrected chi connectivity index (χ1v) is 13.3. The SMILES string of the molecule is CC(NC(=O)c1ccccc1NC(=O)CN(c1cccc2ccccc12)S(C)(=O)=O)c1ccccc1. The second-order valence-corrected chi connectivity index (χ2v) is 10.4. The van der Waals surface area contributed by atoms with E-state index in [2.05, 4.69) is 10.6 Å². The van der Waals surface area contributed by atoms with Gasteiger partial charge in [0.1, 0.15) is 6.54 Å². The van der Waals surface area contributed by atoms with E-state index in [1.165, 1.54) is 0 Å². The zero-order valence-electron chi connectivity index (χ0n) is 20.0. The lowest BCUT2D eigenvalue weighted by Crippen LogP contribution is -2.38. The zero-order chi connectivity index (χ0) is 25.7. The molecule has 2 N–H and O–H groups in total. The van der Waals surface area contributed by atoms with Crippen molar-refractivity contribution in [1.82, 2.24) is 5.32 Å². The molecule has 4 aromatic rings. The Balaban J connectivity index is 1.55. The Labute approximate surface area is 210 Å². The lowest BCUT2D eigenvalue weighted by molar-refractivity contribution is -0.114. The number of rotatable bonds is 8. The Bertz CT molecular complexity index is 1500. The Morgan fingerprint density at radius 2 is 1.47 bits per heavy atom. The van der Waals surface area contributed by atoms with Crippen LogP contribution in [-0.4, -0.2) is 33.0 Å². The molecule has 184 valence electrons. The molecule has 36 heavy (non-hydrogen) atoms. The van der Waals surface area contributed by atoms with Gasteiger partial charge >= 0.3 is 0 Å². The van der Waals surface area contributed by atoms with Gasteiger partial charge in [-0.1, -0.05) is 78.9 Å². The summed E-state index contributed by atoms with van der Waals surface area (Å²) < 4.78 is 26.4. The minimum Gasteiger partial charge on any atom is -0.345 e. The summed E-state index contributed by atoms with van der Waals surface area (Å²) >= 11 is 0. The zero-order valence-corrected chi connectivity index (χ0v) is 20.8. The number of carbonyl (C=O) groups excluding carboxylic acids is 2. The van der Waals surface area contributed by atoms with Gasteiger partial charge in [-0.05, 0) is 36.1 Å². The molecule has 0 heterocycles. The Morgan fingerprint density at radius 3 is 2.22 bits per heavy atom. The molecule has 0 saturated carbocycles. The molecule has 1 unspecified atom stereocenters. The summed E-state index contributed by atoms with van der Waals surface area (Å²) in [5.74, 6) is -0.916. The normalized spacial score (nSPS) is 12.1. The Hall–Kier alpha value is -4.17. The molecular formula is C28H27N3O4S. The van der Waals surface area contributed by atoms with E-state index in [4.69, 9.17) is 0 Å². The van der Waals surface area contributed by atoms with Crippen LogP contribution in [0.4, 0.5) is 11.4 Å². The van der Waals surface area contributed by atoms with Crippen LogP contribution < -0.4 is 14.9 Å². The fraction of sp³-hybridized carbons (Fsp3) is 0.143. The van der Waals surface area contributed by atoms with Gasteiger partial charge in [0.05, 0.1) is 29.2 Å². The van der Waals surface area contributed by atoms with Crippen LogP contribution in [0.15, 0.2) is 97.1 Å². The maximum absolute atomic E-state index is 13.0. The predicted octanol–water partition coefficient (Wildman–Crippen LogP) is 4.74. The number of sulfonamides is 1. The number of carbonyl (C=O) groups is 2. The number of nitrogens with one attached hydrogen (secondary N) is 2. The van der Waals surface area contributed by atoms with Crippen LogP contribution in [0.25, 0.3) is 10.8 Å². The number of para-hydroxylation sites is 1. The van der Waals surface area contributed by atoms with Crippen LogP contribution >= 0.6 is 0 Å². The molecule has 2 amide bonds. The summed E-state index contributed by atoms with van der Waals surface area (Å²) in [6.45, 7) is 1.44. The summed E-state index contributed by atoms with van der Waals surface area (Å²) in [6, 6.07) is 28.6. The number of amides is 2. The van der Waals surface area contributed by atoms with Gasteiger partial charge in [-0.15, -0.1) is 0 Å². The third kappa shape index (κ3) is 5.72. The lowest BCUT2D eigenvalue weighted by atomic mass is 10.1. The fourth-order valence-corrected chi connectivity index (χ4v) is 4.88. The summed E-state index contributed by atoms with van der Waals surface area (Å²) in [6.07, 6.45) is 1.06. The first-order valence-electron chi connectivity index (χ1n) is 11.4. The van der Waals surface area contributed by atoms with Crippen molar-refractivity contribution < 1.29 is 18.0 Å². The maximum Gasteiger partial charge on any atom is 0.253 e. The van der Waals surface area contributed by atoms with Gasteiger partial charge in [-0.25, -0.2) is 8.42 Å². The van der Waals surface area contributed by atoms with E-state index in [1.54, 1.807) is 36.4 Å². The van der Waals surface area contributed by atoms with Gasteiger partial charge in [0.15, 0.2) is 0 Å². The quantitative estimate of drug-likeness (QED) is 0.365. The molecule has 1 atom stereocenters. The minimum atomic E-state index is -3.78. The van der Waals surface area contributed by atoms with Crippen LogP contribution in [0.5, 0.6) is 0 Å². The summed E-state index contributed by atoms with van der Waals surface area (Å²) in [5, 5.41) is 7.24. The predicted molar refractivity (Wildman–Crippen MR) is 144 cm³/mol. The summed E-state index contributed by atoms with van der Waals surface area (Å²) in [5.41, 5.74) is 1.94. The van der Waals surface area contributed by atoms with Gasteiger partial charge < -0.3 is 10.6 Å². The Morgan fingerprint density at radius 1 is 0.833 bits per heavy atom. The number of anilines is 2. The van der Waals surface area contributed by atoms with E-state index in [-0.39, 0.29) is 17.5 Å². The molecule has 0 fully saturated rings. The molecule has 0 radical (unpaired) electrons. The lowest BCUT2D eigenvalue weighted by Gasteiger charge is -2.24. The molecule has 0 spiro atoms. The molecule has 0 saturated heterocycles. The molecule has 0 aliphatic rings. The largest absolute Gasteiger partial charge is 0.345 e. The van der Waals surface area contributed by atoms with Crippen LogP contribution in [0.1, 0.15) is 28.9 Å². The number of benzene rings is 4. The van der Waals surface area contributed by atoms with Crippen molar-refractivity contribution in [3.8, 4) is 0 Å². The molecule has 8 heteroatoms. The monoisotopic (exact) mass is 501 g/mol. The highest BCUT2D eigenvalue weighted by atomic mass is 32.2. The molecule has 0 aromatic heterocycles. The molecule has 7 nitrogen and oxygen atoms in total. The molecule has 0 aliphatic carbocycles. The van der Waals surface area contributed by atoms with E-state index in [0.29, 0.717) is 16.8 Å². The molecule has 0 aliphatic heterocycles. The number of fused-ring (bicyclic) bond motifs is 1. The van der Waals surface area contributed by atoms with Crippen LogP contribution in [-0.2, 0) is 14.8 Å². The van der Waals surface area contributed by atoms with Crippen molar-refractivity contribution in [3.05, 3.63) is 108 Å². The van der Waals surface area contributed by atoms with Crippen molar-refractivity contribution in [2.45, 2.75) is 13.0 Å². The minimum absolute atomic E-state index is 0.241. The van der Waals surface area contributed by atoms with Crippen molar-refractivity contribution in [2.75, 3.05) is 22.4 Å². The van der Waals surface area contributed by atoms with E-state index in [0.717, 1.165) is 21.5 Å². The highest BCUT2D eigenvalue weighted by Crippen LogP contribution is 2.28. The number of hydrogen-bond acceptors (Lipinski definition) is 4. The topological polar surface area (TPSA) is 95.6 Å². The molecule has 4 aromatic carbocycles. The highest BCUT2D eigenvalue weighted by Gasteiger charge is 2.24. The smallest absolute Gasteiger partial charge is 0.253 e. The van der Waals surface area contributed by atoms with E-state index in [1.807, 2.05) is 67.6 Å². The third-order valence-corrected chi connectivity index (χ3v) is 6.94. The van der Waals surface area contributed by atoms with Gasteiger partial charge in [-0.2, -0.15) is 0 Å². The van der Waals surface area contributed by atoms with Crippen molar-refractivity contribution in [2.24, 2.45) is 0 Å². The molecular weight excluding hydrogens is 474 g/mol. The van der Waals surface area contributed by atoms with Crippen molar-refractivity contribution >= 4 is 44.0 Å². The Kier molecular flexibility index (Phi) is 7.36. The van der Waals surface area contributed by atoms with E-state index >= 15 is 0 Å². The van der Waals surface area contributed by atoms with Crippen molar-refractivity contribution in [3.63, 3.8) is 0 Å². The van der Waals surface area contributed by atoms with Crippen LogP contribution in [0, 0.1) is 0 Å². The standard InChI is InChI=1S/C28H27N3O4S/c1-20(21-11-4-3-5-12-21)29-28(33)24-16-8-9-17-25(24)30-27(32)19-31(36(2,34)35)26-18-10-14-22-13-6-7-15-23(22)26/h3-18,20H,19H2,1-2H3,(H,29,33)(H,30,32). The van der Waals surface area contributed by atoms with Gasteiger partial charge in [-0.3, -0.25) is 13.9 Å². The summed E-state index contributed by atoms with van der Waals surface area (Å²) in [7, 11) is -3.78. The number of nitrogens with zero attached hydrogens (tertiary/aromatic N) is 1. The average Bonchev–Trinajstić information content (AvgIpc) is 2.87. The third-order valence-electron chi connectivity index (χ3n) is 5.82. The first kappa shape index (κ1) is 24.9. The summed E-state index contributed by atoms with van der Waals surface area (Å²) in [4.78, 5) is 26.1. The van der Waals surface area contributed by atoms with Crippen LogP contribution in [0.3, 0.4) is 0 Å². The van der Waals surface area contributed by atoms with Gasteiger partial charge in [0, 0.05) is 5.39 Å². The fourth-order valence-electron chi connectivity index (χ4n) is 4.02. The number of hydrogen-bond donors (Lipinski definition) is 2. The second kappa shape index (κ2) is 10.6. The highest BCUT2D eigenvalue weighted by molar-refractivity contribution is 7.92. The van der Waals surface area contributed by atoms with E-state index in [9.17, 15) is 18.0 Å². The second-order valence-electron chi connectivity index (χ2n) is 8.47. The van der Waals surface area contributed by atoms with Gasteiger partial charge in [0.25, 0.3) is 5.91 Å². The first-order chi connectivity index (χ1) is 17.2. The molecule has 0 bridgehead atoms. The maximum atomic E-state index is 13.0. The average molecular weight is 502 g/mol. The van der Waals surface area contributed by atoms with E-state index < -0.39 is 22.5 Å². The molecule has 4 rings (SSSR count).